The van der Waals surface area contributed by atoms with Crippen molar-refractivity contribution in [2.45, 2.75) is 0 Å². The van der Waals surface area contributed by atoms with E-state index in [4.69, 9.17) is 17.3 Å². The van der Waals surface area contributed by atoms with Crippen LogP contribution in [-0.4, -0.2) is 29.8 Å². The normalized spacial score (nSPS) is 10.5. The number of rotatable bonds is 6. The Bertz CT molecular complexity index is 1420. The number of ether oxygens (including phenoxy) is 2. The molecule has 37 heavy (non-hydrogen) atoms. The molecule has 7 heteroatoms. The van der Waals surface area contributed by atoms with Crippen molar-refractivity contribution >= 4 is 25.2 Å². The number of esters is 2. The maximum absolute atomic E-state index is 12.7. The molecule has 0 aliphatic heterocycles. The van der Waals surface area contributed by atoms with Crippen molar-refractivity contribution in [1.29, 1.82) is 0 Å². The molecule has 3 aromatic carbocycles. The minimum absolute atomic E-state index is 0.137. The zero-order valence-corrected chi connectivity index (χ0v) is 19.6. The second-order valence-corrected chi connectivity index (χ2v) is 8.11. The van der Waals surface area contributed by atoms with Crippen LogP contribution in [0.3, 0.4) is 0 Å². The second-order valence-electron chi connectivity index (χ2n) is 8.11. The van der Waals surface area contributed by atoms with Crippen molar-refractivity contribution < 1.29 is 19.1 Å². The molecule has 0 bridgehead atoms. The summed E-state index contributed by atoms with van der Waals surface area (Å²) in [5.74, 6) is -0.957. The fourth-order valence-electron chi connectivity index (χ4n) is 3.63. The van der Waals surface area contributed by atoms with Crippen LogP contribution in [0.15, 0.2) is 116 Å². The zero-order valence-electron chi connectivity index (χ0n) is 19.6. The molecule has 5 aromatic rings. The first kappa shape index (κ1) is 23.7. The van der Waals surface area contributed by atoms with Crippen LogP contribution in [0, 0.1) is 0 Å². The summed E-state index contributed by atoms with van der Waals surface area (Å²) >= 11 is 0. The van der Waals surface area contributed by atoms with E-state index < -0.39 is 11.9 Å². The molecule has 0 unspecified atom stereocenters. The predicted molar refractivity (Wildman–Crippen MR) is 141 cm³/mol. The molecule has 0 amide bonds. The Kier molecular flexibility index (Phi) is 6.86. The van der Waals surface area contributed by atoms with E-state index in [2.05, 4.69) is 9.97 Å². The van der Waals surface area contributed by atoms with Crippen LogP contribution < -0.4 is 14.9 Å². The lowest BCUT2D eigenvalue weighted by atomic mass is 9.96. The van der Waals surface area contributed by atoms with Crippen LogP contribution in [0.2, 0.25) is 0 Å². The van der Waals surface area contributed by atoms with E-state index in [1.165, 1.54) is 30.6 Å². The lowest BCUT2D eigenvalue weighted by Crippen LogP contribution is -2.14. The predicted octanol–water partition coefficient (Wildman–Crippen LogP) is 5.04. The maximum Gasteiger partial charge on any atom is 0.345 e. The topological polar surface area (TPSA) is 78.4 Å². The zero-order chi connectivity index (χ0) is 25.6. The molecule has 0 N–H and O–H groups in total. The largest absolute Gasteiger partial charge is 0.423 e. The summed E-state index contributed by atoms with van der Waals surface area (Å²) in [5, 5.41) is 0. The Balaban J connectivity index is 1.26. The van der Waals surface area contributed by atoms with Crippen molar-refractivity contribution in [3.63, 3.8) is 0 Å². The van der Waals surface area contributed by atoms with Gasteiger partial charge in [-0.05, 0) is 36.4 Å². The molecule has 2 aromatic heterocycles. The van der Waals surface area contributed by atoms with Gasteiger partial charge in [-0.1, -0.05) is 66.1 Å². The van der Waals surface area contributed by atoms with Gasteiger partial charge in [0.2, 0.25) is 0 Å². The van der Waals surface area contributed by atoms with Crippen molar-refractivity contribution in [2.75, 3.05) is 0 Å². The van der Waals surface area contributed by atoms with E-state index in [0.29, 0.717) is 0 Å². The van der Waals surface area contributed by atoms with Crippen LogP contribution in [-0.2, 0) is 0 Å². The van der Waals surface area contributed by atoms with Crippen molar-refractivity contribution in [3.05, 3.63) is 127 Å². The van der Waals surface area contributed by atoms with Gasteiger partial charge in [0.15, 0.2) is 0 Å². The molecule has 6 nitrogen and oxygen atoms in total. The minimum atomic E-state index is -0.615. The number of hydrogen-bond acceptors (Lipinski definition) is 6. The number of hydrogen-bond donors (Lipinski definition) is 0. The van der Waals surface area contributed by atoms with Gasteiger partial charge >= 0.3 is 11.9 Å². The highest BCUT2D eigenvalue weighted by Crippen LogP contribution is 2.22. The smallest absolute Gasteiger partial charge is 0.345 e. The van der Waals surface area contributed by atoms with Gasteiger partial charge in [-0.2, -0.15) is 0 Å². The van der Waals surface area contributed by atoms with Gasteiger partial charge in [0.1, 0.15) is 19.3 Å². The minimum Gasteiger partial charge on any atom is -0.423 e. The number of carbonyl (C=O) groups excluding carboxylic acids is 2. The van der Waals surface area contributed by atoms with Crippen LogP contribution in [0.4, 0.5) is 0 Å². The summed E-state index contributed by atoms with van der Waals surface area (Å²) in [6, 6.07) is 30.4. The van der Waals surface area contributed by atoms with Crippen molar-refractivity contribution in [2.24, 2.45) is 0 Å². The van der Waals surface area contributed by atoms with Gasteiger partial charge in [0, 0.05) is 29.6 Å². The van der Waals surface area contributed by atoms with Gasteiger partial charge in [-0.3, -0.25) is 9.97 Å². The number of carbonyl (C=O) groups is 2. The summed E-state index contributed by atoms with van der Waals surface area (Å²) in [6.07, 6.45) is 2.90. The Morgan fingerprint density at radius 3 is 1.38 bits per heavy atom. The van der Waals surface area contributed by atoms with Gasteiger partial charge < -0.3 is 9.47 Å². The monoisotopic (exact) mass is 482 g/mol. The maximum atomic E-state index is 12.7. The van der Waals surface area contributed by atoms with Crippen molar-refractivity contribution in [3.8, 4) is 34.0 Å². The van der Waals surface area contributed by atoms with E-state index in [1.54, 1.807) is 24.3 Å². The third-order valence-corrected chi connectivity index (χ3v) is 5.46. The van der Waals surface area contributed by atoms with Gasteiger partial charge in [-0.15, -0.1) is 0 Å². The van der Waals surface area contributed by atoms with Gasteiger partial charge in [-0.25, -0.2) is 9.59 Å². The van der Waals surface area contributed by atoms with Crippen LogP contribution in [0.25, 0.3) is 22.5 Å². The molecule has 0 aliphatic rings. The van der Waals surface area contributed by atoms with Gasteiger partial charge in [0.25, 0.3) is 0 Å². The highest BCUT2D eigenvalue weighted by atomic mass is 16.5. The van der Waals surface area contributed by atoms with Crippen LogP contribution >= 0.6 is 0 Å². The van der Waals surface area contributed by atoms with Crippen LogP contribution in [0.1, 0.15) is 20.7 Å². The third-order valence-electron chi connectivity index (χ3n) is 5.46. The molecule has 2 radical (unpaired) electrons. The first-order valence-corrected chi connectivity index (χ1v) is 11.4. The van der Waals surface area contributed by atoms with E-state index in [9.17, 15) is 9.59 Å². The van der Waals surface area contributed by atoms with Crippen LogP contribution in [0.5, 0.6) is 11.5 Å². The SMILES string of the molecule is [B]c1cc(OC(=O)c2ccc(-c3ccccc3)nc2)cc(OC(=O)c2ccc(-c3ccccc3)nc2)c1. The highest BCUT2D eigenvalue weighted by Gasteiger charge is 2.14. The van der Waals surface area contributed by atoms with E-state index in [0.717, 1.165) is 22.5 Å². The molecular weight excluding hydrogens is 463 g/mol. The quantitative estimate of drug-likeness (QED) is 0.192. The van der Waals surface area contributed by atoms with E-state index >= 15 is 0 Å². The number of pyridine rings is 2. The summed E-state index contributed by atoms with van der Waals surface area (Å²) in [6.45, 7) is 0. The van der Waals surface area contributed by atoms with E-state index in [1.807, 2.05) is 60.7 Å². The summed E-state index contributed by atoms with van der Waals surface area (Å²) < 4.78 is 10.9. The Hall–Kier alpha value is -5.04. The lowest BCUT2D eigenvalue weighted by Gasteiger charge is -2.10. The molecule has 176 valence electrons. The molecule has 0 atom stereocenters. The fraction of sp³-hybridized carbons (Fsp3) is 0. The first-order valence-electron chi connectivity index (χ1n) is 11.4. The number of aromatic nitrogens is 2. The molecule has 0 spiro atoms. The highest BCUT2D eigenvalue weighted by molar-refractivity contribution is 6.32. The Labute approximate surface area is 215 Å². The molecule has 0 saturated heterocycles. The molecule has 5 rings (SSSR count). The average Bonchev–Trinajstić information content (AvgIpc) is 2.94. The lowest BCUT2D eigenvalue weighted by molar-refractivity contribution is 0.0733. The number of benzene rings is 3. The second kappa shape index (κ2) is 10.7. The third kappa shape index (κ3) is 5.79. The molecule has 0 fully saturated rings. The summed E-state index contributed by atoms with van der Waals surface area (Å²) in [7, 11) is 5.95. The molecule has 0 saturated carbocycles. The van der Waals surface area contributed by atoms with Gasteiger partial charge in [0.05, 0.1) is 22.5 Å². The first-order chi connectivity index (χ1) is 18.0. The number of nitrogens with zero attached hydrogens (tertiary/aromatic N) is 2. The summed E-state index contributed by atoms with van der Waals surface area (Å²) in [5.41, 5.74) is 4.16. The molecule has 2 heterocycles. The molecular formula is C30H19BN2O4. The standard InChI is InChI=1S/C30H19BN2O4/c31-24-15-25(36-29(34)22-11-13-27(32-18-22)20-7-3-1-4-8-20)17-26(16-24)37-30(35)23-12-14-28(33-19-23)21-9-5-2-6-10-21/h1-19H. The van der Waals surface area contributed by atoms with Crippen molar-refractivity contribution in [1.82, 2.24) is 9.97 Å². The average molecular weight is 482 g/mol. The molecule has 0 aliphatic carbocycles. The summed E-state index contributed by atoms with van der Waals surface area (Å²) in [4.78, 5) is 34.0. The van der Waals surface area contributed by atoms with E-state index in [-0.39, 0.29) is 28.1 Å². The Morgan fingerprint density at radius 1 is 0.568 bits per heavy atom. The fourth-order valence-corrected chi connectivity index (χ4v) is 3.63. The Morgan fingerprint density at radius 2 is 1.00 bits per heavy atom.